The number of hydrogen-bond acceptors (Lipinski definition) is 9. The molecular formula is C15H15N7O4S2. The number of carboxylic acids is 1. The molecule has 11 nitrogen and oxygen atoms in total. The quantitative estimate of drug-likeness (QED) is 0.316. The van der Waals surface area contributed by atoms with Crippen LogP contribution in [0.5, 0.6) is 0 Å². The normalized spacial score (nSPS) is 21.6. The minimum absolute atomic E-state index is 0.0126. The van der Waals surface area contributed by atoms with Gasteiger partial charge in [0.25, 0.3) is 11.7 Å². The molecule has 28 heavy (non-hydrogen) atoms. The summed E-state index contributed by atoms with van der Waals surface area (Å²) in [6.07, 6.45) is 0. The van der Waals surface area contributed by atoms with E-state index >= 15 is 0 Å². The van der Waals surface area contributed by atoms with E-state index in [4.69, 9.17) is 11.5 Å². The molecule has 2 aromatic rings. The molecule has 13 heteroatoms. The maximum Gasteiger partial charge on any atom is 0.352 e. The highest BCUT2D eigenvalue weighted by Gasteiger charge is 2.51. The number of amides is 2. The predicted molar refractivity (Wildman–Crippen MR) is 100 cm³/mol. The second-order valence-corrected chi connectivity index (χ2v) is 8.33. The van der Waals surface area contributed by atoms with Crippen LogP contribution in [0.3, 0.4) is 0 Å². The summed E-state index contributed by atoms with van der Waals surface area (Å²) in [5.41, 5.74) is 12.2. The van der Waals surface area contributed by atoms with Gasteiger partial charge in [0.1, 0.15) is 22.1 Å². The molecule has 4 rings (SSSR count). The van der Waals surface area contributed by atoms with E-state index in [9.17, 15) is 19.5 Å². The standard InChI is InChI=1S/C15H15N7O4S2/c1-5-2-7(22-15(18-5)19-11(20-22)10(17)23)27-3-6-4-28-13-8(16)12(24)21(13)9(6)14(25)26/h2,8,13H,3-4,16H2,1H3,(H2,17,23)(H,25,26)/t8-,13-/m1/s1. The maximum atomic E-state index is 12.0. The van der Waals surface area contributed by atoms with Gasteiger partial charge >= 0.3 is 5.97 Å². The van der Waals surface area contributed by atoms with E-state index in [0.717, 1.165) is 0 Å². The van der Waals surface area contributed by atoms with Crippen LogP contribution in [0.4, 0.5) is 0 Å². The number of aryl methyl sites for hydroxylation is 1. The van der Waals surface area contributed by atoms with E-state index in [-0.39, 0.29) is 28.6 Å². The van der Waals surface area contributed by atoms with Crippen LogP contribution >= 0.6 is 23.5 Å². The molecule has 5 N–H and O–H groups in total. The van der Waals surface area contributed by atoms with Crippen LogP contribution < -0.4 is 11.5 Å². The molecular weight excluding hydrogens is 406 g/mol. The lowest BCUT2D eigenvalue weighted by molar-refractivity contribution is -0.147. The summed E-state index contributed by atoms with van der Waals surface area (Å²) in [4.78, 5) is 44.6. The Kier molecular flexibility index (Phi) is 4.51. The molecule has 2 atom stereocenters. The molecule has 0 unspecified atom stereocenters. The lowest BCUT2D eigenvalue weighted by atomic mass is 10.0. The van der Waals surface area contributed by atoms with Gasteiger partial charge in [-0.25, -0.2) is 9.78 Å². The van der Waals surface area contributed by atoms with Crippen molar-refractivity contribution in [3.05, 3.63) is 28.9 Å². The molecule has 0 spiro atoms. The summed E-state index contributed by atoms with van der Waals surface area (Å²) < 4.78 is 1.39. The fourth-order valence-corrected chi connectivity index (χ4v) is 5.49. The highest BCUT2D eigenvalue weighted by molar-refractivity contribution is 8.01. The molecule has 4 heterocycles. The van der Waals surface area contributed by atoms with Crippen LogP contribution in [0.25, 0.3) is 5.78 Å². The van der Waals surface area contributed by atoms with Crippen molar-refractivity contribution >= 4 is 47.1 Å². The van der Waals surface area contributed by atoms with Crippen LogP contribution in [0.15, 0.2) is 22.4 Å². The largest absolute Gasteiger partial charge is 0.477 e. The first-order valence-corrected chi connectivity index (χ1v) is 10.1. The first-order valence-electron chi connectivity index (χ1n) is 8.10. The van der Waals surface area contributed by atoms with Gasteiger partial charge in [0.2, 0.25) is 11.7 Å². The van der Waals surface area contributed by atoms with Crippen LogP contribution in [0, 0.1) is 6.92 Å². The SMILES string of the molecule is Cc1cc(SCC2=C(C(=O)O)N3C(=O)[C@@H](N)[C@H]3SC2)n2nc(C(N)=O)nc2n1. The smallest absolute Gasteiger partial charge is 0.352 e. The Morgan fingerprint density at radius 1 is 1.43 bits per heavy atom. The molecule has 2 aliphatic rings. The van der Waals surface area contributed by atoms with Gasteiger partial charge in [0, 0.05) is 17.2 Å². The minimum Gasteiger partial charge on any atom is -0.477 e. The number of hydrogen-bond donors (Lipinski definition) is 3. The van der Waals surface area contributed by atoms with Gasteiger partial charge in [0.15, 0.2) is 0 Å². The number of fused-ring (bicyclic) bond motifs is 2. The van der Waals surface area contributed by atoms with Crippen molar-refractivity contribution in [2.75, 3.05) is 11.5 Å². The van der Waals surface area contributed by atoms with E-state index in [1.807, 2.05) is 0 Å². The summed E-state index contributed by atoms with van der Waals surface area (Å²) in [7, 11) is 0. The number of nitrogens with zero attached hydrogens (tertiary/aromatic N) is 5. The minimum atomic E-state index is -1.16. The van der Waals surface area contributed by atoms with Crippen molar-refractivity contribution in [3.8, 4) is 0 Å². The van der Waals surface area contributed by atoms with Gasteiger partial charge in [-0.1, -0.05) is 0 Å². The summed E-state index contributed by atoms with van der Waals surface area (Å²) in [6, 6.07) is 1.08. The zero-order chi connectivity index (χ0) is 20.2. The molecule has 0 saturated carbocycles. The summed E-state index contributed by atoms with van der Waals surface area (Å²) in [5.74, 6) is -1.47. The number of nitrogens with two attached hydrogens (primary N) is 2. The van der Waals surface area contributed by atoms with Crippen LogP contribution in [0.2, 0.25) is 0 Å². The number of carboxylic acid groups (broad SMARTS) is 1. The highest BCUT2D eigenvalue weighted by Crippen LogP contribution is 2.40. The topological polar surface area (TPSA) is 170 Å². The van der Waals surface area contributed by atoms with Crippen LogP contribution in [-0.2, 0) is 9.59 Å². The Hall–Kier alpha value is -2.64. The van der Waals surface area contributed by atoms with Gasteiger partial charge in [0.05, 0.1) is 0 Å². The monoisotopic (exact) mass is 421 g/mol. The Morgan fingerprint density at radius 2 is 2.18 bits per heavy atom. The molecule has 146 valence electrons. The van der Waals surface area contributed by atoms with Gasteiger partial charge in [-0.2, -0.15) is 9.50 Å². The molecule has 0 radical (unpaired) electrons. The van der Waals surface area contributed by atoms with Crippen molar-refractivity contribution in [1.82, 2.24) is 24.5 Å². The second kappa shape index (κ2) is 6.76. The summed E-state index contributed by atoms with van der Waals surface area (Å²) in [6.45, 7) is 1.77. The predicted octanol–water partition coefficient (Wildman–Crippen LogP) is -0.795. The van der Waals surface area contributed by atoms with Crippen molar-refractivity contribution in [2.45, 2.75) is 23.4 Å². The van der Waals surface area contributed by atoms with Crippen molar-refractivity contribution in [3.63, 3.8) is 0 Å². The number of primary amides is 1. The Bertz CT molecular complexity index is 1070. The fourth-order valence-electron chi connectivity index (χ4n) is 3.01. The summed E-state index contributed by atoms with van der Waals surface area (Å²) >= 11 is 2.75. The molecule has 2 aromatic heterocycles. The number of rotatable bonds is 5. The molecule has 0 bridgehead atoms. The third kappa shape index (κ3) is 2.91. The number of carbonyl (C=O) groups is 3. The first kappa shape index (κ1) is 18.7. The van der Waals surface area contributed by atoms with Crippen molar-refractivity contribution < 1.29 is 19.5 Å². The zero-order valence-corrected chi connectivity index (χ0v) is 16.2. The Labute approximate surface area is 166 Å². The molecule has 0 aliphatic carbocycles. The van der Waals surface area contributed by atoms with E-state index in [1.165, 1.54) is 32.9 Å². The first-order chi connectivity index (χ1) is 13.3. The molecule has 1 saturated heterocycles. The molecule has 1 fully saturated rings. The maximum absolute atomic E-state index is 12.0. The number of thioether (sulfide) groups is 2. The number of aromatic nitrogens is 4. The third-order valence-corrected chi connectivity index (χ3v) is 6.75. The lowest BCUT2D eigenvalue weighted by Gasteiger charge is -2.48. The number of carbonyl (C=O) groups excluding carboxylic acids is 2. The van der Waals surface area contributed by atoms with E-state index in [0.29, 0.717) is 27.8 Å². The summed E-state index contributed by atoms with van der Waals surface area (Å²) in [5, 5.41) is 14.0. The van der Waals surface area contributed by atoms with Crippen LogP contribution in [0.1, 0.15) is 16.3 Å². The average Bonchev–Trinajstić information content (AvgIpc) is 3.08. The van der Waals surface area contributed by atoms with Gasteiger partial charge in [-0.3, -0.25) is 14.5 Å². The number of β-lactam (4-membered cyclic amide) rings is 1. The highest BCUT2D eigenvalue weighted by atomic mass is 32.2. The zero-order valence-electron chi connectivity index (χ0n) is 14.5. The Morgan fingerprint density at radius 3 is 2.86 bits per heavy atom. The van der Waals surface area contributed by atoms with Gasteiger partial charge in [-0.05, 0) is 18.6 Å². The lowest BCUT2D eigenvalue weighted by Crippen LogP contribution is -2.68. The molecule has 0 aromatic carbocycles. The Balaban J connectivity index is 1.66. The van der Waals surface area contributed by atoms with E-state index in [2.05, 4.69) is 15.1 Å². The van der Waals surface area contributed by atoms with E-state index < -0.39 is 17.9 Å². The van der Waals surface area contributed by atoms with Gasteiger partial charge in [-0.15, -0.1) is 28.6 Å². The van der Waals surface area contributed by atoms with E-state index in [1.54, 1.807) is 13.0 Å². The third-order valence-electron chi connectivity index (χ3n) is 4.31. The van der Waals surface area contributed by atoms with Gasteiger partial charge < -0.3 is 16.6 Å². The van der Waals surface area contributed by atoms with Crippen molar-refractivity contribution in [2.24, 2.45) is 11.5 Å². The van der Waals surface area contributed by atoms with Crippen LogP contribution in [-0.4, -0.2) is 70.3 Å². The molecule has 2 aliphatic heterocycles. The second-order valence-electron chi connectivity index (χ2n) is 6.23. The fraction of sp³-hybridized carbons (Fsp3) is 0.333. The molecule has 2 amide bonds. The van der Waals surface area contributed by atoms with Crippen molar-refractivity contribution in [1.29, 1.82) is 0 Å². The number of aliphatic carboxylic acids is 1. The average molecular weight is 421 g/mol.